The van der Waals surface area contributed by atoms with Gasteiger partial charge in [0, 0.05) is 5.41 Å². The van der Waals surface area contributed by atoms with Gasteiger partial charge in [-0.3, -0.25) is 0 Å². The Hall–Kier alpha value is -2.09. The first kappa shape index (κ1) is 18.3. The van der Waals surface area contributed by atoms with Crippen molar-refractivity contribution in [1.29, 1.82) is 0 Å². The molecule has 0 saturated heterocycles. The summed E-state index contributed by atoms with van der Waals surface area (Å²) in [7, 11) is 0. The Bertz CT molecular complexity index is 635. The number of esters is 1. The van der Waals surface area contributed by atoms with Crippen molar-refractivity contribution in [3.05, 3.63) is 71.8 Å². The van der Waals surface area contributed by atoms with E-state index in [0.717, 1.165) is 31.3 Å². The Balaban J connectivity index is 2.21. The van der Waals surface area contributed by atoms with Gasteiger partial charge in [-0.1, -0.05) is 68.0 Å². The molecule has 0 spiro atoms. The summed E-state index contributed by atoms with van der Waals surface area (Å²) in [6.07, 6.45) is 10.1. The zero-order valence-electron chi connectivity index (χ0n) is 15.0. The van der Waals surface area contributed by atoms with Crippen LogP contribution in [0.1, 0.15) is 56.8 Å². The topological polar surface area (TPSA) is 26.3 Å². The van der Waals surface area contributed by atoms with Gasteiger partial charge in [0.2, 0.25) is 0 Å². The molecule has 0 N–H and O–H groups in total. The van der Waals surface area contributed by atoms with Crippen LogP contribution in [0.5, 0.6) is 0 Å². The lowest BCUT2D eigenvalue weighted by Crippen LogP contribution is -2.32. The first-order valence-corrected chi connectivity index (χ1v) is 8.67. The van der Waals surface area contributed by atoms with Crippen LogP contribution in [0.2, 0.25) is 0 Å². The molecule has 2 nitrogen and oxygen atoms in total. The van der Waals surface area contributed by atoms with Gasteiger partial charge in [0.05, 0.1) is 5.56 Å². The Labute approximate surface area is 145 Å². The largest absolute Gasteiger partial charge is 0.458 e. The van der Waals surface area contributed by atoms with Crippen molar-refractivity contribution in [1.82, 2.24) is 0 Å². The zero-order chi connectivity index (χ0) is 17.6. The second kappa shape index (κ2) is 8.14. The van der Waals surface area contributed by atoms with Crippen LogP contribution < -0.4 is 0 Å². The normalized spacial score (nSPS) is 21.5. The number of benzene rings is 1. The highest BCUT2D eigenvalue weighted by atomic mass is 16.5. The number of hydrogen-bond acceptors (Lipinski definition) is 2. The lowest BCUT2D eigenvalue weighted by molar-refractivity contribution is 0.00160. The Morgan fingerprint density at radius 2 is 1.92 bits per heavy atom. The molecular formula is C22H28O2. The number of allylic oxidation sites excluding steroid dienone is 4. The highest BCUT2D eigenvalue weighted by molar-refractivity contribution is 5.89. The van der Waals surface area contributed by atoms with Gasteiger partial charge in [0.15, 0.2) is 0 Å². The summed E-state index contributed by atoms with van der Waals surface area (Å²) in [6.45, 7) is 10.5. The highest BCUT2D eigenvalue weighted by Crippen LogP contribution is 2.32. The van der Waals surface area contributed by atoms with Crippen molar-refractivity contribution in [2.24, 2.45) is 5.41 Å². The van der Waals surface area contributed by atoms with Crippen LogP contribution >= 0.6 is 0 Å². The number of hydrogen-bond donors (Lipinski definition) is 0. The van der Waals surface area contributed by atoms with E-state index in [1.807, 2.05) is 18.2 Å². The Kier molecular flexibility index (Phi) is 6.19. The standard InChI is InChI=1S/C22H28O2/c1-17-9-8-10-18(2)15-16-22(3,4)20(14-13-17)24-21(23)19-11-6-5-7-12-19/h5-7,9,11-12,15-16,20H,2,8,10,13-14H2,1,3-4H3. The van der Waals surface area contributed by atoms with E-state index in [0.29, 0.717) is 5.56 Å². The molecule has 2 rings (SSSR count). The monoisotopic (exact) mass is 324 g/mol. The fourth-order valence-corrected chi connectivity index (χ4v) is 2.84. The molecule has 0 aromatic heterocycles. The fourth-order valence-electron chi connectivity index (χ4n) is 2.84. The van der Waals surface area contributed by atoms with Crippen molar-refractivity contribution in [3.63, 3.8) is 0 Å². The average Bonchev–Trinajstić information content (AvgIpc) is 2.58. The first-order valence-electron chi connectivity index (χ1n) is 8.67. The predicted molar refractivity (Wildman–Crippen MR) is 99.9 cm³/mol. The minimum atomic E-state index is -0.252. The zero-order valence-corrected chi connectivity index (χ0v) is 15.0. The summed E-state index contributed by atoms with van der Waals surface area (Å²) >= 11 is 0. The van der Waals surface area contributed by atoms with Gasteiger partial charge in [0.1, 0.15) is 6.10 Å². The Morgan fingerprint density at radius 1 is 1.21 bits per heavy atom. The van der Waals surface area contributed by atoms with Crippen LogP contribution in [0.4, 0.5) is 0 Å². The molecule has 0 radical (unpaired) electrons. The number of carbonyl (C=O) groups is 1. The molecule has 2 heteroatoms. The molecule has 1 unspecified atom stereocenters. The first-order chi connectivity index (χ1) is 11.4. The van der Waals surface area contributed by atoms with E-state index in [-0.39, 0.29) is 17.5 Å². The van der Waals surface area contributed by atoms with Crippen LogP contribution in [-0.2, 0) is 4.74 Å². The molecule has 128 valence electrons. The van der Waals surface area contributed by atoms with E-state index in [1.165, 1.54) is 5.57 Å². The highest BCUT2D eigenvalue weighted by Gasteiger charge is 2.30. The number of carbonyl (C=O) groups excluding carboxylic acids is 1. The minimum Gasteiger partial charge on any atom is -0.458 e. The van der Waals surface area contributed by atoms with E-state index in [4.69, 9.17) is 4.74 Å². The van der Waals surface area contributed by atoms with E-state index in [1.54, 1.807) is 12.1 Å². The summed E-state index contributed by atoms with van der Waals surface area (Å²) < 4.78 is 5.90. The molecule has 1 aromatic carbocycles. The lowest BCUT2D eigenvalue weighted by Gasteiger charge is -2.31. The van der Waals surface area contributed by atoms with E-state index in [2.05, 4.69) is 45.6 Å². The van der Waals surface area contributed by atoms with Crippen LogP contribution in [-0.4, -0.2) is 12.1 Å². The van der Waals surface area contributed by atoms with Gasteiger partial charge in [-0.05, 0) is 44.7 Å². The maximum absolute atomic E-state index is 12.5. The third-order valence-electron chi connectivity index (χ3n) is 4.60. The minimum absolute atomic E-state index is 0.171. The van der Waals surface area contributed by atoms with Crippen LogP contribution in [0.25, 0.3) is 0 Å². The summed E-state index contributed by atoms with van der Waals surface area (Å²) in [6, 6.07) is 9.20. The molecule has 24 heavy (non-hydrogen) atoms. The molecule has 0 amide bonds. The molecular weight excluding hydrogens is 296 g/mol. The second-order valence-electron chi connectivity index (χ2n) is 7.20. The van der Waals surface area contributed by atoms with Crippen LogP contribution in [0, 0.1) is 5.41 Å². The Morgan fingerprint density at radius 3 is 2.62 bits per heavy atom. The van der Waals surface area contributed by atoms with Crippen molar-refractivity contribution in [3.8, 4) is 0 Å². The van der Waals surface area contributed by atoms with Gasteiger partial charge in [-0.25, -0.2) is 4.79 Å². The van der Waals surface area contributed by atoms with Gasteiger partial charge in [-0.15, -0.1) is 0 Å². The fraction of sp³-hybridized carbons (Fsp3) is 0.409. The molecule has 0 saturated carbocycles. The van der Waals surface area contributed by atoms with Gasteiger partial charge in [-0.2, -0.15) is 0 Å². The van der Waals surface area contributed by atoms with Crippen molar-refractivity contribution in [2.45, 2.75) is 52.6 Å². The second-order valence-corrected chi connectivity index (χ2v) is 7.20. The quantitative estimate of drug-likeness (QED) is 0.502. The molecule has 0 aliphatic heterocycles. The van der Waals surface area contributed by atoms with E-state index < -0.39 is 0 Å². The van der Waals surface area contributed by atoms with Crippen LogP contribution in [0.3, 0.4) is 0 Å². The SMILES string of the molecule is C=C1C=CC(C)(C)C(OC(=O)c2ccccc2)CCC(C)=CCC1. The summed E-state index contributed by atoms with van der Waals surface area (Å²) in [5, 5.41) is 0. The van der Waals surface area contributed by atoms with Gasteiger partial charge < -0.3 is 4.74 Å². The third-order valence-corrected chi connectivity index (χ3v) is 4.60. The van der Waals surface area contributed by atoms with Crippen molar-refractivity contribution >= 4 is 5.97 Å². The molecule has 0 fully saturated rings. The average molecular weight is 324 g/mol. The summed E-state index contributed by atoms with van der Waals surface area (Å²) in [4.78, 5) is 12.5. The van der Waals surface area contributed by atoms with Gasteiger partial charge in [0.25, 0.3) is 0 Å². The maximum atomic E-state index is 12.5. The summed E-state index contributed by atoms with van der Waals surface area (Å²) in [5.74, 6) is -0.252. The van der Waals surface area contributed by atoms with Gasteiger partial charge >= 0.3 is 5.97 Å². The lowest BCUT2D eigenvalue weighted by atomic mass is 9.82. The van der Waals surface area contributed by atoms with E-state index in [9.17, 15) is 4.79 Å². The van der Waals surface area contributed by atoms with Crippen molar-refractivity contribution < 1.29 is 9.53 Å². The van der Waals surface area contributed by atoms with Crippen LogP contribution in [0.15, 0.2) is 66.3 Å². The molecule has 0 heterocycles. The predicted octanol–water partition coefficient (Wildman–Crippen LogP) is 5.87. The molecule has 1 aliphatic rings. The molecule has 1 aromatic rings. The van der Waals surface area contributed by atoms with Crippen molar-refractivity contribution in [2.75, 3.05) is 0 Å². The maximum Gasteiger partial charge on any atom is 0.338 e. The third kappa shape index (κ3) is 5.23. The smallest absolute Gasteiger partial charge is 0.338 e. The molecule has 1 aliphatic carbocycles. The van der Waals surface area contributed by atoms with E-state index >= 15 is 0 Å². The molecule has 1 atom stereocenters. The summed E-state index contributed by atoms with van der Waals surface area (Å²) in [5.41, 5.74) is 2.82. The number of rotatable bonds is 2. The molecule has 0 bridgehead atoms. The number of ether oxygens (including phenoxy) is 1.